The number of piperazine rings is 1. The van der Waals surface area contributed by atoms with Gasteiger partial charge in [0.25, 0.3) is 21.8 Å². The van der Waals surface area contributed by atoms with E-state index in [-0.39, 0.29) is 27.7 Å². The van der Waals surface area contributed by atoms with Gasteiger partial charge in [-0.15, -0.1) is 0 Å². The number of fused-ring (bicyclic) bond motifs is 1. The monoisotopic (exact) mass is 851 g/mol. The summed E-state index contributed by atoms with van der Waals surface area (Å²) in [5, 5.41) is 11.7. The number of hydrogen-bond donors (Lipinski definition) is 1. The van der Waals surface area contributed by atoms with E-state index in [1.807, 2.05) is 0 Å². The molecule has 0 radical (unpaired) electrons. The molecule has 4 aliphatic heterocycles. The molecule has 3 fully saturated rings. The SMILES string of the molecule is C=C1CCC(N2C(=O)c3ccc(OCCN4CCN(CCOc5ccc(N6C(=S)N(c7ccc(C#N)c(C(F)(F)F)c7)C(=O)C6(C)C)cc5)CC4)cc3S2(=O)=O)C(=O)N1. The van der Waals surface area contributed by atoms with Crippen molar-refractivity contribution in [2.45, 2.75) is 49.3 Å². The Morgan fingerprint density at radius 1 is 0.915 bits per heavy atom. The number of carbonyl (C=O) groups excluding carboxylic acids is 3. The molecule has 3 saturated heterocycles. The summed E-state index contributed by atoms with van der Waals surface area (Å²) in [6, 6.07) is 14.7. The molecule has 0 saturated carbocycles. The number of halogens is 3. The van der Waals surface area contributed by atoms with Crippen LogP contribution in [0, 0.1) is 11.3 Å². The Morgan fingerprint density at radius 2 is 1.51 bits per heavy atom. The van der Waals surface area contributed by atoms with Crippen LogP contribution in [-0.4, -0.2) is 109 Å². The third-order valence-corrected chi connectivity index (χ3v) is 13.0. The molecule has 0 aliphatic carbocycles. The van der Waals surface area contributed by atoms with Crippen molar-refractivity contribution >= 4 is 56.4 Å². The Labute approximate surface area is 344 Å². The van der Waals surface area contributed by atoms with Crippen molar-refractivity contribution in [3.8, 4) is 17.6 Å². The zero-order chi connectivity index (χ0) is 42.4. The lowest BCUT2D eigenvalue weighted by Gasteiger charge is -2.34. The number of alkyl halides is 3. The summed E-state index contributed by atoms with van der Waals surface area (Å²) in [5.74, 6) is -0.944. The van der Waals surface area contributed by atoms with Crippen molar-refractivity contribution in [2.24, 2.45) is 0 Å². The number of thiocarbonyl (C=S) groups is 1. The number of nitrogens with zero attached hydrogens (tertiary/aromatic N) is 6. The molecule has 3 aromatic carbocycles. The van der Waals surface area contributed by atoms with Crippen molar-refractivity contribution < 1.29 is 45.4 Å². The van der Waals surface area contributed by atoms with Crippen LogP contribution in [0.2, 0.25) is 0 Å². The fraction of sp³-hybridized carbons (Fsp3) is 0.375. The predicted octanol–water partition coefficient (Wildman–Crippen LogP) is 4.51. The summed E-state index contributed by atoms with van der Waals surface area (Å²) in [6.07, 6.45) is -4.27. The zero-order valence-electron chi connectivity index (χ0n) is 32.1. The number of carbonyl (C=O) groups is 3. The molecule has 19 heteroatoms. The summed E-state index contributed by atoms with van der Waals surface area (Å²) < 4.78 is 80.4. The Balaban J connectivity index is 0.865. The summed E-state index contributed by atoms with van der Waals surface area (Å²) in [5.41, 5.74) is -1.98. The first kappa shape index (κ1) is 41.6. The molecule has 1 atom stereocenters. The maximum atomic E-state index is 13.7. The summed E-state index contributed by atoms with van der Waals surface area (Å²) >= 11 is 5.63. The van der Waals surface area contributed by atoms with Crippen molar-refractivity contribution in [3.05, 3.63) is 89.6 Å². The largest absolute Gasteiger partial charge is 0.492 e. The number of hydrogen-bond acceptors (Lipinski definition) is 11. The highest BCUT2D eigenvalue weighted by Crippen LogP contribution is 2.40. The molecule has 0 spiro atoms. The number of nitriles is 1. The van der Waals surface area contributed by atoms with Gasteiger partial charge in [-0.05, 0) is 93.5 Å². The van der Waals surface area contributed by atoms with Crippen molar-refractivity contribution in [1.29, 1.82) is 5.26 Å². The molecule has 4 heterocycles. The minimum atomic E-state index is -4.80. The number of anilines is 2. The van der Waals surface area contributed by atoms with Gasteiger partial charge >= 0.3 is 6.18 Å². The number of nitrogens with one attached hydrogen (secondary N) is 1. The molecule has 1 N–H and O–H groups in total. The second-order valence-corrected chi connectivity index (χ2v) is 17.1. The number of amides is 3. The van der Waals surface area contributed by atoms with E-state index in [0.29, 0.717) is 59.9 Å². The quantitative estimate of drug-likeness (QED) is 0.270. The summed E-state index contributed by atoms with van der Waals surface area (Å²) in [4.78, 5) is 46.1. The van der Waals surface area contributed by atoms with Crippen LogP contribution < -0.4 is 24.6 Å². The van der Waals surface area contributed by atoms with Gasteiger partial charge in [-0.3, -0.25) is 29.1 Å². The maximum absolute atomic E-state index is 13.7. The molecule has 0 bridgehead atoms. The van der Waals surface area contributed by atoms with E-state index < -0.39 is 56.6 Å². The van der Waals surface area contributed by atoms with Crippen LogP contribution in [0.1, 0.15) is 48.2 Å². The van der Waals surface area contributed by atoms with Crippen LogP contribution in [0.25, 0.3) is 0 Å². The Bertz CT molecular complexity index is 2380. The number of allylic oxidation sites excluding steroid dienone is 1. The molecule has 0 aromatic heterocycles. The topological polar surface area (TPSA) is 156 Å². The number of sulfonamides is 1. The Hall–Kier alpha value is -5.55. The lowest BCUT2D eigenvalue weighted by Crippen LogP contribution is -2.51. The first-order valence-electron chi connectivity index (χ1n) is 18.7. The van der Waals surface area contributed by atoms with E-state index in [1.165, 1.54) is 18.2 Å². The summed E-state index contributed by atoms with van der Waals surface area (Å²) in [7, 11) is -4.24. The fourth-order valence-corrected chi connectivity index (χ4v) is 9.87. The smallest absolute Gasteiger partial charge is 0.417 e. The van der Waals surface area contributed by atoms with Crippen molar-refractivity contribution in [1.82, 2.24) is 19.4 Å². The van der Waals surface area contributed by atoms with E-state index in [9.17, 15) is 41.2 Å². The number of ether oxygens (including phenoxy) is 2. The lowest BCUT2D eigenvalue weighted by atomic mass is 10.0. The molecule has 1 unspecified atom stereocenters. The van der Waals surface area contributed by atoms with Crippen molar-refractivity contribution in [3.63, 3.8) is 0 Å². The third-order valence-electron chi connectivity index (χ3n) is 10.8. The highest BCUT2D eigenvalue weighted by Gasteiger charge is 2.51. The van der Waals surface area contributed by atoms with E-state index in [1.54, 1.807) is 55.1 Å². The van der Waals surface area contributed by atoms with Crippen LogP contribution in [-0.2, 0) is 25.8 Å². The second kappa shape index (κ2) is 15.9. The molecular formula is C40H40F3N7O7S2. The molecular weight excluding hydrogens is 812 g/mol. The molecule has 14 nitrogen and oxygen atoms in total. The van der Waals surface area contributed by atoms with Gasteiger partial charge in [-0.25, -0.2) is 12.7 Å². The van der Waals surface area contributed by atoms with Crippen molar-refractivity contribution in [2.75, 3.05) is 62.3 Å². The van der Waals surface area contributed by atoms with E-state index >= 15 is 0 Å². The zero-order valence-corrected chi connectivity index (χ0v) is 33.8. The van der Waals surface area contributed by atoms with Gasteiger partial charge in [0.1, 0.15) is 41.2 Å². The van der Waals surface area contributed by atoms with Gasteiger partial charge in [-0.2, -0.15) is 18.4 Å². The average Bonchev–Trinajstić information content (AvgIpc) is 3.50. The standard InChI is InChI=1S/C40H40F3N7O7S2/c1-25-4-13-33(35(51)45-25)50-36(52)31-12-11-30(23-34(31)59(50,54)55)57-21-19-47-16-14-46(15-17-47)18-20-56-29-9-7-27(8-10-29)49-38(58)48(37(53)39(49,2)3)28-6-5-26(24-44)32(22-28)40(41,42)43/h5-12,22-23,33H,1,4,13-21H2,2-3H3,(H,45,51). The van der Waals surface area contributed by atoms with Gasteiger partial charge in [0.15, 0.2) is 5.11 Å². The van der Waals surface area contributed by atoms with Crippen LogP contribution in [0.15, 0.2) is 77.8 Å². The van der Waals surface area contributed by atoms with E-state index in [2.05, 4.69) is 21.7 Å². The third kappa shape index (κ3) is 7.97. The lowest BCUT2D eigenvalue weighted by molar-refractivity contribution is -0.137. The Kier molecular flexibility index (Phi) is 11.2. The van der Waals surface area contributed by atoms with E-state index in [0.717, 1.165) is 43.2 Å². The number of benzene rings is 3. The van der Waals surface area contributed by atoms with Gasteiger partial charge < -0.3 is 19.7 Å². The molecule has 4 aliphatic rings. The number of piperidine rings is 1. The van der Waals surface area contributed by atoms with Gasteiger partial charge in [-0.1, -0.05) is 6.58 Å². The molecule has 3 amide bonds. The van der Waals surface area contributed by atoms with Gasteiger partial charge in [0.2, 0.25) is 5.91 Å². The van der Waals surface area contributed by atoms with Gasteiger partial charge in [0, 0.05) is 56.7 Å². The number of rotatable bonds is 11. The molecule has 59 heavy (non-hydrogen) atoms. The van der Waals surface area contributed by atoms with E-state index in [4.69, 9.17) is 21.7 Å². The molecule has 310 valence electrons. The van der Waals surface area contributed by atoms with Crippen LogP contribution >= 0.6 is 12.2 Å². The average molecular weight is 852 g/mol. The molecule has 3 aromatic rings. The molecule has 7 rings (SSSR count). The first-order chi connectivity index (χ1) is 27.9. The predicted molar refractivity (Wildman–Crippen MR) is 213 cm³/mol. The normalized spacial score (nSPS) is 20.8. The second-order valence-electron chi connectivity index (χ2n) is 14.9. The highest BCUT2D eigenvalue weighted by atomic mass is 32.2. The Morgan fingerprint density at radius 3 is 2.10 bits per heavy atom. The minimum Gasteiger partial charge on any atom is -0.492 e. The summed E-state index contributed by atoms with van der Waals surface area (Å²) in [6.45, 7) is 12.1. The fourth-order valence-electron chi connectivity index (χ4n) is 7.58. The maximum Gasteiger partial charge on any atom is 0.417 e. The van der Waals surface area contributed by atoms with Crippen LogP contribution in [0.3, 0.4) is 0 Å². The highest BCUT2D eigenvalue weighted by molar-refractivity contribution is 7.90. The first-order valence-corrected chi connectivity index (χ1v) is 20.6. The van der Waals surface area contributed by atoms with Crippen LogP contribution in [0.4, 0.5) is 24.5 Å². The van der Waals surface area contributed by atoms with Crippen LogP contribution in [0.5, 0.6) is 11.5 Å². The van der Waals surface area contributed by atoms with Gasteiger partial charge in [0.05, 0.1) is 28.4 Å². The minimum absolute atomic E-state index is 0.0000533.